The Morgan fingerprint density at radius 3 is 2.93 bits per heavy atom. The van der Waals surface area contributed by atoms with E-state index in [1.54, 1.807) is 0 Å². The molecule has 0 aliphatic carbocycles. The molecule has 0 bridgehead atoms. The molecule has 0 aromatic heterocycles. The number of benzene rings is 1. The highest BCUT2D eigenvalue weighted by atomic mass is 16.5. The van der Waals surface area contributed by atoms with Gasteiger partial charge in [-0.2, -0.15) is 0 Å². The lowest BCUT2D eigenvalue weighted by atomic mass is 10.2. The summed E-state index contributed by atoms with van der Waals surface area (Å²) in [5.74, 6) is 0. The second-order valence-electron chi connectivity index (χ2n) is 3.87. The summed E-state index contributed by atoms with van der Waals surface area (Å²) in [7, 11) is 0. The smallest absolute Gasteiger partial charge is 0.0843 e. The molecule has 1 fully saturated rings. The Morgan fingerprint density at radius 1 is 1.40 bits per heavy atom. The number of nitrogens with one attached hydrogen (secondary N) is 2. The topological polar surface area (TPSA) is 33.3 Å². The van der Waals surface area contributed by atoms with Crippen molar-refractivity contribution in [3.05, 3.63) is 35.9 Å². The van der Waals surface area contributed by atoms with Crippen LogP contribution in [-0.4, -0.2) is 25.4 Å². The molecule has 2 unspecified atom stereocenters. The molecule has 2 N–H and O–H groups in total. The summed E-state index contributed by atoms with van der Waals surface area (Å²) in [6.07, 6.45) is 0.501. The van der Waals surface area contributed by atoms with Gasteiger partial charge in [-0.15, -0.1) is 0 Å². The molecule has 82 valence electrons. The third-order valence-corrected chi connectivity index (χ3v) is 2.69. The molecule has 2 atom stereocenters. The summed E-state index contributed by atoms with van der Waals surface area (Å²) in [5, 5.41) is 6.85. The van der Waals surface area contributed by atoms with Crippen LogP contribution in [0.3, 0.4) is 0 Å². The first-order valence-electron chi connectivity index (χ1n) is 5.48. The molecule has 3 heteroatoms. The van der Waals surface area contributed by atoms with Gasteiger partial charge in [-0.25, -0.2) is 0 Å². The lowest BCUT2D eigenvalue weighted by Gasteiger charge is -2.31. The van der Waals surface area contributed by atoms with Crippen LogP contribution >= 0.6 is 0 Å². The first-order chi connectivity index (χ1) is 7.36. The van der Waals surface area contributed by atoms with Crippen molar-refractivity contribution in [2.75, 3.05) is 13.2 Å². The van der Waals surface area contributed by atoms with Crippen molar-refractivity contribution in [2.45, 2.75) is 25.7 Å². The number of ether oxygens (including phenoxy) is 1. The predicted molar refractivity (Wildman–Crippen MR) is 60.5 cm³/mol. The van der Waals surface area contributed by atoms with Crippen molar-refractivity contribution in [3.8, 4) is 0 Å². The molecule has 0 spiro atoms. The Bertz CT molecular complexity index is 289. The van der Waals surface area contributed by atoms with E-state index in [2.05, 4.69) is 41.8 Å². The first-order valence-corrected chi connectivity index (χ1v) is 5.48. The summed E-state index contributed by atoms with van der Waals surface area (Å²) in [6, 6.07) is 10.4. The molecule has 0 amide bonds. The lowest BCUT2D eigenvalue weighted by molar-refractivity contribution is -0.00232. The van der Waals surface area contributed by atoms with Gasteiger partial charge in [-0.1, -0.05) is 30.3 Å². The van der Waals surface area contributed by atoms with Crippen LogP contribution in [0, 0.1) is 0 Å². The summed E-state index contributed by atoms with van der Waals surface area (Å²) < 4.78 is 5.55. The van der Waals surface area contributed by atoms with E-state index in [4.69, 9.17) is 4.74 Å². The average Bonchev–Trinajstić information content (AvgIpc) is 2.29. The standard InChI is InChI=1S/C12H18N2O/c1-10-12(13-7-8-15-10)14-9-11-5-3-2-4-6-11/h2-6,10,12-14H,7-9H2,1H3. The zero-order valence-electron chi connectivity index (χ0n) is 9.07. The molecule has 2 rings (SSSR count). The molecule has 15 heavy (non-hydrogen) atoms. The average molecular weight is 206 g/mol. The summed E-state index contributed by atoms with van der Waals surface area (Å²) in [6.45, 7) is 4.71. The second kappa shape index (κ2) is 5.26. The third-order valence-electron chi connectivity index (χ3n) is 2.69. The fourth-order valence-electron chi connectivity index (χ4n) is 1.78. The van der Waals surface area contributed by atoms with Crippen molar-refractivity contribution in [1.29, 1.82) is 0 Å². The van der Waals surface area contributed by atoms with E-state index in [0.29, 0.717) is 0 Å². The molecule has 0 saturated carbocycles. The van der Waals surface area contributed by atoms with Crippen LogP contribution in [0.1, 0.15) is 12.5 Å². The SMILES string of the molecule is CC1OCCNC1NCc1ccccc1. The van der Waals surface area contributed by atoms with Crippen LogP contribution in [0.15, 0.2) is 30.3 Å². The number of hydrogen-bond acceptors (Lipinski definition) is 3. The van der Waals surface area contributed by atoms with Gasteiger partial charge in [0.1, 0.15) is 0 Å². The minimum atomic E-state index is 0.238. The second-order valence-corrected chi connectivity index (χ2v) is 3.87. The Kier molecular flexibility index (Phi) is 3.72. The molecule has 1 aromatic carbocycles. The zero-order chi connectivity index (χ0) is 10.5. The Morgan fingerprint density at radius 2 is 2.20 bits per heavy atom. The first kappa shape index (κ1) is 10.6. The van der Waals surface area contributed by atoms with Gasteiger partial charge >= 0.3 is 0 Å². The van der Waals surface area contributed by atoms with E-state index >= 15 is 0 Å². The van der Waals surface area contributed by atoms with Crippen molar-refractivity contribution in [2.24, 2.45) is 0 Å². The molecular weight excluding hydrogens is 188 g/mol. The molecular formula is C12H18N2O. The minimum Gasteiger partial charge on any atom is -0.374 e. The van der Waals surface area contributed by atoms with E-state index < -0.39 is 0 Å². The Labute approximate surface area is 90.8 Å². The van der Waals surface area contributed by atoms with Gasteiger partial charge < -0.3 is 4.74 Å². The normalized spacial score (nSPS) is 26.5. The molecule has 1 heterocycles. The largest absolute Gasteiger partial charge is 0.374 e. The molecule has 1 aliphatic rings. The maximum Gasteiger partial charge on any atom is 0.0843 e. The minimum absolute atomic E-state index is 0.238. The molecule has 1 saturated heterocycles. The quantitative estimate of drug-likeness (QED) is 0.777. The molecule has 0 radical (unpaired) electrons. The highest BCUT2D eigenvalue weighted by molar-refractivity contribution is 5.14. The van der Waals surface area contributed by atoms with E-state index in [9.17, 15) is 0 Å². The summed E-state index contributed by atoms with van der Waals surface area (Å²) in [5.41, 5.74) is 1.30. The van der Waals surface area contributed by atoms with Crippen LogP contribution in [0.5, 0.6) is 0 Å². The van der Waals surface area contributed by atoms with Crippen LogP contribution in [0.4, 0.5) is 0 Å². The van der Waals surface area contributed by atoms with E-state index in [0.717, 1.165) is 19.7 Å². The van der Waals surface area contributed by atoms with Gasteiger partial charge in [0.25, 0.3) is 0 Å². The van der Waals surface area contributed by atoms with Gasteiger partial charge in [0.15, 0.2) is 0 Å². The fourth-order valence-corrected chi connectivity index (χ4v) is 1.78. The van der Waals surface area contributed by atoms with E-state index in [-0.39, 0.29) is 12.3 Å². The van der Waals surface area contributed by atoms with Crippen molar-refractivity contribution in [1.82, 2.24) is 10.6 Å². The van der Waals surface area contributed by atoms with Crippen LogP contribution in [-0.2, 0) is 11.3 Å². The predicted octanol–water partition coefficient (Wildman–Crippen LogP) is 1.11. The van der Waals surface area contributed by atoms with Crippen molar-refractivity contribution < 1.29 is 4.74 Å². The van der Waals surface area contributed by atoms with Crippen LogP contribution in [0.2, 0.25) is 0 Å². The van der Waals surface area contributed by atoms with Gasteiger partial charge in [-0.05, 0) is 12.5 Å². The monoisotopic (exact) mass is 206 g/mol. The highest BCUT2D eigenvalue weighted by Crippen LogP contribution is 2.03. The lowest BCUT2D eigenvalue weighted by Crippen LogP contribution is -2.54. The Balaban J connectivity index is 1.82. The highest BCUT2D eigenvalue weighted by Gasteiger charge is 2.20. The maximum atomic E-state index is 5.55. The summed E-state index contributed by atoms with van der Waals surface area (Å²) in [4.78, 5) is 0. The van der Waals surface area contributed by atoms with E-state index in [1.807, 2.05) is 6.07 Å². The zero-order valence-corrected chi connectivity index (χ0v) is 9.07. The number of hydrogen-bond donors (Lipinski definition) is 2. The number of morpholine rings is 1. The third kappa shape index (κ3) is 3.02. The van der Waals surface area contributed by atoms with Gasteiger partial charge in [-0.3, -0.25) is 10.6 Å². The number of rotatable bonds is 3. The van der Waals surface area contributed by atoms with Gasteiger partial charge in [0.2, 0.25) is 0 Å². The van der Waals surface area contributed by atoms with E-state index in [1.165, 1.54) is 5.56 Å². The molecule has 1 aromatic rings. The van der Waals surface area contributed by atoms with Crippen LogP contribution < -0.4 is 10.6 Å². The Hall–Kier alpha value is -0.900. The van der Waals surface area contributed by atoms with Gasteiger partial charge in [0.05, 0.1) is 18.9 Å². The molecule has 3 nitrogen and oxygen atoms in total. The van der Waals surface area contributed by atoms with Crippen molar-refractivity contribution in [3.63, 3.8) is 0 Å². The maximum absolute atomic E-state index is 5.55. The van der Waals surface area contributed by atoms with Crippen LogP contribution in [0.25, 0.3) is 0 Å². The summed E-state index contributed by atoms with van der Waals surface area (Å²) >= 11 is 0. The fraction of sp³-hybridized carbons (Fsp3) is 0.500. The van der Waals surface area contributed by atoms with Gasteiger partial charge in [0, 0.05) is 13.1 Å². The molecule has 1 aliphatic heterocycles. The van der Waals surface area contributed by atoms with Crippen molar-refractivity contribution >= 4 is 0 Å².